The standard InChI is InChI=1S/C25H28N2O4S/c1-18-9-13-22(14-10-18)32(29,30)27(4)24-8-6-5-7-23(24)25(28)26-15-16-31-21-12-11-19(2)20(3)17-21/h5-14,17H,15-16H2,1-4H3,(H,26,28). The molecule has 168 valence electrons. The van der Waals surface area contributed by atoms with Crippen LogP contribution in [0.2, 0.25) is 0 Å². The molecule has 3 aromatic rings. The number of carbonyl (C=O) groups is 1. The van der Waals surface area contributed by atoms with Crippen LogP contribution in [0.25, 0.3) is 0 Å². The van der Waals surface area contributed by atoms with Crippen molar-refractivity contribution in [3.8, 4) is 5.75 Å². The highest BCUT2D eigenvalue weighted by Gasteiger charge is 2.24. The van der Waals surface area contributed by atoms with E-state index in [1.807, 2.05) is 39.0 Å². The predicted molar refractivity (Wildman–Crippen MR) is 127 cm³/mol. The van der Waals surface area contributed by atoms with Gasteiger partial charge in [0, 0.05) is 7.05 Å². The first-order valence-corrected chi connectivity index (χ1v) is 11.8. The van der Waals surface area contributed by atoms with Gasteiger partial charge >= 0.3 is 0 Å². The number of ether oxygens (including phenoxy) is 1. The summed E-state index contributed by atoms with van der Waals surface area (Å²) < 4.78 is 33.0. The molecule has 6 nitrogen and oxygen atoms in total. The molecule has 3 rings (SSSR count). The molecule has 3 aromatic carbocycles. The normalized spacial score (nSPS) is 11.1. The number of anilines is 1. The second kappa shape index (κ2) is 9.87. The molecule has 0 aliphatic carbocycles. The highest BCUT2D eigenvalue weighted by Crippen LogP contribution is 2.26. The molecule has 1 amide bonds. The third-order valence-electron chi connectivity index (χ3n) is 5.30. The number of sulfonamides is 1. The molecule has 0 spiro atoms. The Bertz CT molecular complexity index is 1200. The Morgan fingerprint density at radius 2 is 1.62 bits per heavy atom. The Kier molecular flexibility index (Phi) is 7.20. The van der Waals surface area contributed by atoms with Gasteiger partial charge in [-0.25, -0.2) is 8.42 Å². The Balaban J connectivity index is 1.69. The summed E-state index contributed by atoms with van der Waals surface area (Å²) in [6.45, 7) is 6.53. The van der Waals surface area contributed by atoms with Gasteiger partial charge in [-0.15, -0.1) is 0 Å². The van der Waals surface area contributed by atoms with Crippen molar-refractivity contribution in [2.75, 3.05) is 24.5 Å². The van der Waals surface area contributed by atoms with E-state index in [0.717, 1.165) is 21.2 Å². The van der Waals surface area contributed by atoms with Gasteiger partial charge in [-0.3, -0.25) is 9.10 Å². The Morgan fingerprint density at radius 1 is 0.938 bits per heavy atom. The first-order valence-electron chi connectivity index (χ1n) is 10.3. The smallest absolute Gasteiger partial charge is 0.264 e. The molecule has 0 aliphatic heterocycles. The lowest BCUT2D eigenvalue weighted by Crippen LogP contribution is -2.32. The molecule has 32 heavy (non-hydrogen) atoms. The molecule has 0 fully saturated rings. The van der Waals surface area contributed by atoms with Crippen molar-refractivity contribution in [3.63, 3.8) is 0 Å². The van der Waals surface area contributed by atoms with E-state index in [-0.39, 0.29) is 22.9 Å². The number of nitrogens with zero attached hydrogens (tertiary/aromatic N) is 1. The number of carbonyl (C=O) groups excluding carboxylic acids is 1. The Labute approximate surface area is 189 Å². The molecule has 0 saturated heterocycles. The zero-order chi connectivity index (χ0) is 23.3. The van der Waals surface area contributed by atoms with Crippen LogP contribution in [-0.4, -0.2) is 34.5 Å². The van der Waals surface area contributed by atoms with Gasteiger partial charge in [0.25, 0.3) is 15.9 Å². The van der Waals surface area contributed by atoms with Crippen LogP contribution in [0.15, 0.2) is 71.6 Å². The maximum Gasteiger partial charge on any atom is 0.264 e. The van der Waals surface area contributed by atoms with E-state index in [0.29, 0.717) is 12.3 Å². The molecule has 0 radical (unpaired) electrons. The molecular formula is C25H28N2O4S. The molecule has 0 heterocycles. The third-order valence-corrected chi connectivity index (χ3v) is 7.09. The number of hydrogen-bond acceptors (Lipinski definition) is 4. The van der Waals surface area contributed by atoms with E-state index in [1.54, 1.807) is 48.5 Å². The fraction of sp³-hybridized carbons (Fsp3) is 0.240. The summed E-state index contributed by atoms with van der Waals surface area (Å²) in [5.74, 6) is 0.377. The maximum atomic E-state index is 13.1. The third kappa shape index (κ3) is 5.29. The Hall–Kier alpha value is -3.32. The second-order valence-electron chi connectivity index (χ2n) is 7.65. The SMILES string of the molecule is Cc1ccc(S(=O)(=O)N(C)c2ccccc2C(=O)NCCOc2ccc(C)c(C)c2)cc1. The van der Waals surface area contributed by atoms with Gasteiger partial charge in [0.15, 0.2) is 0 Å². The van der Waals surface area contributed by atoms with Crippen molar-refractivity contribution in [3.05, 3.63) is 89.0 Å². The van der Waals surface area contributed by atoms with Gasteiger partial charge in [-0.1, -0.05) is 35.9 Å². The molecule has 1 N–H and O–H groups in total. The minimum Gasteiger partial charge on any atom is -0.492 e. The van der Waals surface area contributed by atoms with E-state index in [2.05, 4.69) is 5.32 Å². The largest absolute Gasteiger partial charge is 0.492 e. The van der Waals surface area contributed by atoms with Crippen LogP contribution in [-0.2, 0) is 10.0 Å². The van der Waals surface area contributed by atoms with Crippen molar-refractivity contribution in [1.29, 1.82) is 0 Å². The molecule has 0 atom stereocenters. The minimum absolute atomic E-state index is 0.169. The maximum absolute atomic E-state index is 13.1. The number of amides is 1. The van der Waals surface area contributed by atoms with Gasteiger partial charge in [0.1, 0.15) is 12.4 Å². The van der Waals surface area contributed by atoms with Gasteiger partial charge in [-0.05, 0) is 68.3 Å². The van der Waals surface area contributed by atoms with Crippen LogP contribution in [0, 0.1) is 20.8 Å². The summed E-state index contributed by atoms with van der Waals surface area (Å²) >= 11 is 0. The monoisotopic (exact) mass is 452 g/mol. The van der Waals surface area contributed by atoms with Crippen molar-refractivity contribution < 1.29 is 17.9 Å². The number of hydrogen-bond donors (Lipinski definition) is 1. The summed E-state index contributed by atoms with van der Waals surface area (Å²) in [6, 6.07) is 19.1. The number of benzene rings is 3. The molecule has 7 heteroatoms. The van der Waals surface area contributed by atoms with Crippen LogP contribution in [0.1, 0.15) is 27.0 Å². The predicted octanol–water partition coefficient (Wildman–Crippen LogP) is 4.25. The van der Waals surface area contributed by atoms with Gasteiger partial charge in [0.05, 0.1) is 22.7 Å². The van der Waals surface area contributed by atoms with E-state index >= 15 is 0 Å². The van der Waals surface area contributed by atoms with Crippen molar-refractivity contribution >= 4 is 21.6 Å². The fourth-order valence-electron chi connectivity index (χ4n) is 3.17. The zero-order valence-corrected chi connectivity index (χ0v) is 19.6. The molecular weight excluding hydrogens is 424 g/mol. The molecule has 0 bridgehead atoms. The highest BCUT2D eigenvalue weighted by molar-refractivity contribution is 7.92. The quantitative estimate of drug-likeness (QED) is 0.519. The van der Waals surface area contributed by atoms with Crippen LogP contribution in [0.5, 0.6) is 5.75 Å². The fourth-order valence-corrected chi connectivity index (χ4v) is 4.38. The van der Waals surface area contributed by atoms with Gasteiger partial charge < -0.3 is 10.1 Å². The van der Waals surface area contributed by atoms with Gasteiger partial charge in [0.2, 0.25) is 0 Å². The van der Waals surface area contributed by atoms with Crippen LogP contribution in [0.3, 0.4) is 0 Å². The first-order chi connectivity index (χ1) is 15.2. The van der Waals surface area contributed by atoms with Gasteiger partial charge in [-0.2, -0.15) is 0 Å². The Morgan fingerprint density at radius 3 is 2.31 bits per heavy atom. The topological polar surface area (TPSA) is 75.7 Å². The summed E-state index contributed by atoms with van der Waals surface area (Å²) in [5.41, 5.74) is 3.87. The molecule has 0 aromatic heterocycles. The first kappa shape index (κ1) is 23.3. The molecule has 0 unspecified atom stereocenters. The number of aryl methyl sites for hydroxylation is 3. The molecule has 0 aliphatic rings. The summed E-state index contributed by atoms with van der Waals surface area (Å²) in [5, 5.41) is 2.80. The lowest BCUT2D eigenvalue weighted by atomic mass is 10.1. The average molecular weight is 453 g/mol. The summed E-state index contributed by atoms with van der Waals surface area (Å²) in [4.78, 5) is 13.0. The summed E-state index contributed by atoms with van der Waals surface area (Å²) in [6.07, 6.45) is 0. The second-order valence-corrected chi connectivity index (χ2v) is 9.62. The van der Waals surface area contributed by atoms with Crippen molar-refractivity contribution in [2.45, 2.75) is 25.7 Å². The van der Waals surface area contributed by atoms with Crippen molar-refractivity contribution in [1.82, 2.24) is 5.32 Å². The van der Waals surface area contributed by atoms with Crippen LogP contribution in [0.4, 0.5) is 5.69 Å². The number of para-hydroxylation sites is 1. The van der Waals surface area contributed by atoms with E-state index in [9.17, 15) is 13.2 Å². The minimum atomic E-state index is -3.81. The lowest BCUT2D eigenvalue weighted by molar-refractivity contribution is 0.0947. The lowest BCUT2D eigenvalue weighted by Gasteiger charge is -2.22. The van der Waals surface area contributed by atoms with Crippen LogP contribution >= 0.6 is 0 Å². The van der Waals surface area contributed by atoms with Crippen LogP contribution < -0.4 is 14.4 Å². The van der Waals surface area contributed by atoms with E-state index < -0.39 is 10.0 Å². The summed E-state index contributed by atoms with van der Waals surface area (Å²) in [7, 11) is -2.36. The van der Waals surface area contributed by atoms with E-state index in [4.69, 9.17) is 4.74 Å². The average Bonchev–Trinajstić information content (AvgIpc) is 2.78. The number of nitrogens with one attached hydrogen (secondary N) is 1. The molecule has 0 saturated carbocycles. The zero-order valence-electron chi connectivity index (χ0n) is 18.8. The number of rotatable bonds is 8. The van der Waals surface area contributed by atoms with E-state index in [1.165, 1.54) is 12.6 Å². The highest BCUT2D eigenvalue weighted by atomic mass is 32.2. The van der Waals surface area contributed by atoms with Crippen molar-refractivity contribution in [2.24, 2.45) is 0 Å².